The van der Waals surface area contributed by atoms with Crippen molar-refractivity contribution in [2.24, 2.45) is 0 Å². The van der Waals surface area contributed by atoms with E-state index in [0.717, 1.165) is 0 Å². The minimum atomic E-state index is 0.288. The number of hydrogen-bond donors (Lipinski definition) is 0. The van der Waals surface area contributed by atoms with E-state index in [-0.39, 0.29) is 5.92 Å². The zero-order valence-electron chi connectivity index (χ0n) is 14.4. The van der Waals surface area contributed by atoms with E-state index in [1.165, 1.54) is 38.9 Å². The number of benzene rings is 3. The summed E-state index contributed by atoms with van der Waals surface area (Å²) < 4.78 is 0. The average molecular weight is 300 g/mol. The zero-order chi connectivity index (χ0) is 16.4. The predicted octanol–water partition coefficient (Wildman–Crippen LogP) is 6.10. The molecule has 0 radical (unpaired) electrons. The molecule has 0 spiro atoms. The van der Waals surface area contributed by atoms with Crippen LogP contribution in [0.3, 0.4) is 0 Å². The first-order chi connectivity index (χ1) is 11.1. The van der Waals surface area contributed by atoms with Gasteiger partial charge in [0.2, 0.25) is 0 Å². The lowest BCUT2D eigenvalue weighted by molar-refractivity contribution is 0.943. The van der Waals surface area contributed by atoms with Gasteiger partial charge in [0.25, 0.3) is 0 Å². The van der Waals surface area contributed by atoms with Gasteiger partial charge in [0.05, 0.1) is 0 Å². The van der Waals surface area contributed by atoms with Gasteiger partial charge in [-0.1, -0.05) is 77.9 Å². The van der Waals surface area contributed by atoms with Crippen LogP contribution in [0.15, 0.2) is 66.7 Å². The first-order valence-electron chi connectivity index (χ1n) is 8.25. The van der Waals surface area contributed by atoms with Gasteiger partial charge in [-0.25, -0.2) is 0 Å². The number of rotatable bonds is 3. The van der Waals surface area contributed by atoms with Crippen molar-refractivity contribution in [3.05, 3.63) is 106 Å². The first-order valence-corrected chi connectivity index (χ1v) is 8.25. The van der Waals surface area contributed by atoms with Gasteiger partial charge in [-0.05, 0) is 55.5 Å². The SMILES string of the molecule is Cc1ccc(C)c(C(c2ccccc2)c2cc(C)ccc2C)c1. The maximum absolute atomic E-state index is 2.34. The standard InChI is InChI=1S/C23H24/c1-16-10-12-18(3)21(14-16)23(20-8-6-5-7-9-20)22-15-17(2)11-13-19(22)4/h5-15,23H,1-4H3. The van der Waals surface area contributed by atoms with Gasteiger partial charge in [0, 0.05) is 5.92 Å². The molecule has 0 bridgehead atoms. The Morgan fingerprint density at radius 1 is 0.565 bits per heavy atom. The van der Waals surface area contributed by atoms with Crippen molar-refractivity contribution in [3.8, 4) is 0 Å². The van der Waals surface area contributed by atoms with Crippen molar-refractivity contribution in [2.75, 3.05) is 0 Å². The second-order valence-electron chi connectivity index (χ2n) is 6.56. The summed E-state index contributed by atoms with van der Waals surface area (Å²) in [5.41, 5.74) is 9.51. The molecule has 3 rings (SSSR count). The van der Waals surface area contributed by atoms with Crippen LogP contribution >= 0.6 is 0 Å². The minimum Gasteiger partial charge on any atom is -0.0622 e. The van der Waals surface area contributed by atoms with E-state index >= 15 is 0 Å². The van der Waals surface area contributed by atoms with Crippen LogP contribution in [0.25, 0.3) is 0 Å². The number of hydrogen-bond acceptors (Lipinski definition) is 0. The third-order valence-electron chi connectivity index (χ3n) is 4.62. The van der Waals surface area contributed by atoms with Crippen molar-refractivity contribution in [2.45, 2.75) is 33.6 Å². The highest BCUT2D eigenvalue weighted by atomic mass is 14.2. The summed E-state index contributed by atoms with van der Waals surface area (Å²) in [4.78, 5) is 0. The highest BCUT2D eigenvalue weighted by Crippen LogP contribution is 2.36. The molecular formula is C23H24. The van der Waals surface area contributed by atoms with Crippen molar-refractivity contribution in [1.82, 2.24) is 0 Å². The van der Waals surface area contributed by atoms with Crippen LogP contribution in [0, 0.1) is 27.7 Å². The molecule has 3 aromatic rings. The molecule has 0 heterocycles. The van der Waals surface area contributed by atoms with Crippen molar-refractivity contribution < 1.29 is 0 Å². The van der Waals surface area contributed by atoms with Gasteiger partial charge >= 0.3 is 0 Å². The van der Waals surface area contributed by atoms with E-state index in [1.807, 2.05) is 0 Å². The van der Waals surface area contributed by atoms with Crippen molar-refractivity contribution in [1.29, 1.82) is 0 Å². The van der Waals surface area contributed by atoms with E-state index in [2.05, 4.69) is 94.4 Å². The fraction of sp³-hybridized carbons (Fsp3) is 0.217. The summed E-state index contributed by atoms with van der Waals surface area (Å²) in [7, 11) is 0. The molecule has 0 aliphatic rings. The van der Waals surface area contributed by atoms with Crippen LogP contribution in [-0.4, -0.2) is 0 Å². The molecule has 0 aliphatic heterocycles. The first kappa shape index (κ1) is 15.6. The van der Waals surface area contributed by atoms with E-state index in [0.29, 0.717) is 0 Å². The largest absolute Gasteiger partial charge is 0.0622 e. The molecule has 0 saturated carbocycles. The van der Waals surface area contributed by atoms with Crippen molar-refractivity contribution in [3.63, 3.8) is 0 Å². The molecule has 0 aliphatic carbocycles. The molecule has 0 N–H and O–H groups in total. The van der Waals surface area contributed by atoms with Gasteiger partial charge in [0.15, 0.2) is 0 Å². The monoisotopic (exact) mass is 300 g/mol. The molecule has 0 nitrogen and oxygen atoms in total. The van der Waals surface area contributed by atoms with Crippen molar-refractivity contribution >= 4 is 0 Å². The lowest BCUT2D eigenvalue weighted by Gasteiger charge is -2.23. The van der Waals surface area contributed by atoms with Crippen LogP contribution < -0.4 is 0 Å². The van der Waals surface area contributed by atoms with Gasteiger partial charge in [-0.15, -0.1) is 0 Å². The third-order valence-corrected chi connectivity index (χ3v) is 4.62. The van der Waals surface area contributed by atoms with E-state index in [9.17, 15) is 0 Å². The summed E-state index contributed by atoms with van der Waals surface area (Å²) in [6, 6.07) is 24.4. The average Bonchev–Trinajstić information content (AvgIpc) is 2.55. The second kappa shape index (κ2) is 6.42. The molecule has 0 atom stereocenters. The lowest BCUT2D eigenvalue weighted by Crippen LogP contribution is -2.08. The Hall–Kier alpha value is -2.34. The molecule has 3 aromatic carbocycles. The van der Waals surface area contributed by atoms with Crippen LogP contribution in [0.2, 0.25) is 0 Å². The quantitative estimate of drug-likeness (QED) is 0.513. The molecule has 0 heteroatoms. The highest BCUT2D eigenvalue weighted by molar-refractivity contribution is 5.50. The zero-order valence-corrected chi connectivity index (χ0v) is 14.4. The summed E-state index contributed by atoms with van der Waals surface area (Å²) in [6.07, 6.45) is 0. The maximum Gasteiger partial charge on any atom is 0.0345 e. The molecule has 116 valence electrons. The summed E-state index contributed by atoms with van der Waals surface area (Å²) in [5, 5.41) is 0. The van der Waals surface area contributed by atoms with Gasteiger partial charge in [-0.2, -0.15) is 0 Å². The fourth-order valence-corrected chi connectivity index (χ4v) is 3.31. The Bertz CT molecular complexity index is 761. The Kier molecular flexibility index (Phi) is 4.34. The maximum atomic E-state index is 2.34. The summed E-state index contributed by atoms with van der Waals surface area (Å²) >= 11 is 0. The number of aryl methyl sites for hydroxylation is 4. The molecule has 0 aromatic heterocycles. The molecule has 0 amide bonds. The predicted molar refractivity (Wildman–Crippen MR) is 99.2 cm³/mol. The minimum absolute atomic E-state index is 0.288. The fourth-order valence-electron chi connectivity index (χ4n) is 3.31. The van der Waals surface area contributed by atoms with E-state index < -0.39 is 0 Å². The summed E-state index contributed by atoms with van der Waals surface area (Å²) in [6.45, 7) is 8.79. The van der Waals surface area contributed by atoms with Gasteiger partial charge in [-0.3, -0.25) is 0 Å². The van der Waals surface area contributed by atoms with E-state index in [4.69, 9.17) is 0 Å². The Labute approximate surface area is 139 Å². The highest BCUT2D eigenvalue weighted by Gasteiger charge is 2.20. The van der Waals surface area contributed by atoms with Gasteiger partial charge in [0.1, 0.15) is 0 Å². The topological polar surface area (TPSA) is 0 Å². The van der Waals surface area contributed by atoms with Crippen LogP contribution in [0.1, 0.15) is 44.9 Å². The Morgan fingerprint density at radius 2 is 1.04 bits per heavy atom. The van der Waals surface area contributed by atoms with E-state index in [1.54, 1.807) is 0 Å². The normalized spacial score (nSPS) is 11.0. The summed E-state index contributed by atoms with van der Waals surface area (Å²) in [5.74, 6) is 0.288. The van der Waals surface area contributed by atoms with Gasteiger partial charge < -0.3 is 0 Å². The van der Waals surface area contributed by atoms with Crippen LogP contribution in [0.5, 0.6) is 0 Å². The molecule has 0 saturated heterocycles. The lowest BCUT2D eigenvalue weighted by atomic mass is 9.80. The molecule has 0 unspecified atom stereocenters. The Balaban J connectivity index is 2.27. The van der Waals surface area contributed by atoms with Crippen LogP contribution in [-0.2, 0) is 0 Å². The molecule has 0 fully saturated rings. The smallest absolute Gasteiger partial charge is 0.0345 e. The third kappa shape index (κ3) is 3.22. The molecular weight excluding hydrogens is 276 g/mol. The Morgan fingerprint density at radius 3 is 1.52 bits per heavy atom. The van der Waals surface area contributed by atoms with Crippen LogP contribution in [0.4, 0.5) is 0 Å². The molecule has 23 heavy (non-hydrogen) atoms. The second-order valence-corrected chi connectivity index (χ2v) is 6.56.